The molecule has 0 bridgehead atoms. The van der Waals surface area contributed by atoms with Crippen LogP contribution < -0.4 is 20.2 Å². The van der Waals surface area contributed by atoms with Gasteiger partial charge in [0.05, 0.1) is 34.2 Å². The van der Waals surface area contributed by atoms with Gasteiger partial charge < -0.3 is 24.6 Å². The van der Waals surface area contributed by atoms with Gasteiger partial charge in [-0.1, -0.05) is 133 Å². The maximum absolute atomic E-state index is 12.3. The highest BCUT2D eigenvalue weighted by atomic mass is 16.5. The summed E-state index contributed by atoms with van der Waals surface area (Å²) in [5.41, 5.74) is 15.0. The van der Waals surface area contributed by atoms with Crippen molar-refractivity contribution in [3.63, 3.8) is 0 Å². The van der Waals surface area contributed by atoms with Gasteiger partial charge in [-0.3, -0.25) is 44.2 Å². The summed E-state index contributed by atoms with van der Waals surface area (Å²) in [6.07, 6.45) is 5.11. The van der Waals surface area contributed by atoms with Gasteiger partial charge in [-0.25, -0.2) is 5.48 Å². The Hall–Kier alpha value is -8.79. The molecule has 0 aromatic heterocycles. The van der Waals surface area contributed by atoms with E-state index in [1.807, 2.05) is 146 Å². The summed E-state index contributed by atoms with van der Waals surface area (Å²) in [5.74, 6) is -0.467. The van der Waals surface area contributed by atoms with Crippen LogP contribution in [-0.2, 0) is 41.6 Å². The summed E-state index contributed by atoms with van der Waals surface area (Å²) in [5, 5.41) is 15.6. The molecule has 4 amide bonds. The van der Waals surface area contributed by atoms with Crippen molar-refractivity contribution in [1.29, 1.82) is 0 Å². The van der Waals surface area contributed by atoms with Gasteiger partial charge in [0.1, 0.15) is 25.4 Å². The minimum atomic E-state index is -0.439. The lowest BCUT2D eigenvalue weighted by Crippen LogP contribution is -2.28. The number of carbonyl (C=O) groups excluding carboxylic acids is 6. The zero-order valence-electron chi connectivity index (χ0n) is 43.0. The van der Waals surface area contributed by atoms with Crippen LogP contribution >= 0.6 is 0 Å². The number of rotatable bonds is 11. The highest BCUT2D eigenvalue weighted by Crippen LogP contribution is 2.31. The SMILES string of the molecule is CC(=O)/C=C/c1ccc2c(c1)N(C)C(=O)CN=C2c1ccccc1.CC(=O)CCc1ccc2c(c1)N(C)C(=O)CN=C2c1ccccc1.CN1C(=O)CN=C(c2ccccc2)c2ccc(CCC(=O)NO)cc21.CO. The highest BCUT2D eigenvalue weighted by Gasteiger charge is 2.26. The van der Waals surface area contributed by atoms with Crippen molar-refractivity contribution in [3.8, 4) is 0 Å². The smallest absolute Gasteiger partial charge is 0.248 e. The summed E-state index contributed by atoms with van der Waals surface area (Å²) in [6.45, 7) is 3.46. The number of hydrogen-bond acceptors (Lipinski definition) is 11. The first kappa shape index (κ1) is 55.5. The number of anilines is 3. The number of aliphatic hydroxyl groups excluding tert-OH is 1. The second-order valence-corrected chi connectivity index (χ2v) is 17.6. The second-order valence-electron chi connectivity index (χ2n) is 17.6. The minimum Gasteiger partial charge on any atom is -0.400 e. The summed E-state index contributed by atoms with van der Waals surface area (Å²) < 4.78 is 0. The van der Waals surface area contributed by atoms with E-state index in [9.17, 15) is 28.8 Å². The molecule has 0 atom stereocenters. The second kappa shape index (κ2) is 26.8. The predicted octanol–water partition coefficient (Wildman–Crippen LogP) is 7.67. The first-order valence-electron chi connectivity index (χ1n) is 24.3. The molecule has 0 fully saturated rings. The van der Waals surface area contributed by atoms with Gasteiger partial charge in [-0.05, 0) is 67.7 Å². The van der Waals surface area contributed by atoms with Crippen LogP contribution in [0.5, 0.6) is 0 Å². The molecule has 75 heavy (non-hydrogen) atoms. The molecule has 0 aliphatic carbocycles. The molecule has 9 rings (SSSR count). The van der Waals surface area contributed by atoms with Crippen LogP contribution in [0.15, 0.2) is 167 Å². The fourth-order valence-electron chi connectivity index (χ4n) is 8.34. The van der Waals surface area contributed by atoms with Gasteiger partial charge in [-0.15, -0.1) is 0 Å². The molecule has 3 N–H and O–H groups in total. The van der Waals surface area contributed by atoms with Crippen LogP contribution in [-0.4, -0.2) is 111 Å². The predicted molar refractivity (Wildman–Crippen MR) is 296 cm³/mol. The van der Waals surface area contributed by atoms with Crippen molar-refractivity contribution < 1.29 is 39.1 Å². The molecule has 0 saturated heterocycles. The van der Waals surface area contributed by atoms with E-state index in [2.05, 4.69) is 15.0 Å². The van der Waals surface area contributed by atoms with E-state index in [0.29, 0.717) is 19.3 Å². The number of hydroxylamine groups is 1. The van der Waals surface area contributed by atoms with Gasteiger partial charge >= 0.3 is 0 Å². The lowest BCUT2D eigenvalue weighted by Gasteiger charge is -2.19. The van der Waals surface area contributed by atoms with Gasteiger partial charge in [0.2, 0.25) is 23.6 Å². The molecule has 384 valence electrons. The quantitative estimate of drug-likeness (QED) is 0.0667. The lowest BCUT2D eigenvalue weighted by atomic mass is 9.97. The van der Waals surface area contributed by atoms with Crippen LogP contribution in [0.2, 0.25) is 0 Å². The first-order chi connectivity index (χ1) is 36.2. The van der Waals surface area contributed by atoms with E-state index in [0.717, 1.165) is 91.4 Å². The lowest BCUT2D eigenvalue weighted by molar-refractivity contribution is -0.129. The van der Waals surface area contributed by atoms with E-state index in [1.54, 1.807) is 54.3 Å². The number of allylic oxidation sites excluding steroid dienone is 1. The summed E-state index contributed by atoms with van der Waals surface area (Å²) in [6, 6.07) is 47.1. The van der Waals surface area contributed by atoms with Crippen LogP contribution in [0.1, 0.15) is 76.8 Å². The molecule has 3 heterocycles. The normalized spacial score (nSPS) is 13.7. The maximum atomic E-state index is 12.3. The summed E-state index contributed by atoms with van der Waals surface area (Å²) in [7, 11) is 6.26. The monoisotopic (exact) mass is 1010 g/mol. The molecule has 6 aromatic rings. The number of fused-ring (bicyclic) bond motifs is 3. The number of hydrogen-bond donors (Lipinski definition) is 3. The molecule has 0 radical (unpaired) electrons. The molecule has 0 spiro atoms. The number of Topliss-reactive ketones (excluding diaryl/α,β-unsaturated/α-hetero) is 1. The van der Waals surface area contributed by atoms with Gasteiger partial charge in [0.25, 0.3) is 0 Å². The number of amides is 4. The van der Waals surface area contributed by atoms with E-state index in [1.165, 1.54) is 13.0 Å². The van der Waals surface area contributed by atoms with E-state index >= 15 is 0 Å². The van der Waals surface area contributed by atoms with Crippen LogP contribution in [0.25, 0.3) is 6.08 Å². The number of aliphatic hydroxyl groups is 1. The summed E-state index contributed by atoms with van der Waals surface area (Å²) in [4.78, 5) is 88.9. The Labute approximate surface area is 437 Å². The first-order valence-corrected chi connectivity index (χ1v) is 24.3. The Balaban J connectivity index is 0.000000180. The number of aliphatic imine (C=N–C) groups is 3. The number of aryl methyl sites for hydroxylation is 2. The largest absolute Gasteiger partial charge is 0.400 e. The maximum Gasteiger partial charge on any atom is 0.248 e. The molecule has 0 unspecified atom stereocenters. The third-order valence-corrected chi connectivity index (χ3v) is 12.4. The van der Waals surface area contributed by atoms with Gasteiger partial charge in [0, 0.05) is 74.5 Å². The molecule has 3 aliphatic rings. The number of nitrogens with zero attached hydrogens (tertiary/aromatic N) is 6. The zero-order chi connectivity index (χ0) is 54.0. The van der Waals surface area contributed by atoms with Crippen molar-refractivity contribution in [2.75, 3.05) is 62.6 Å². The van der Waals surface area contributed by atoms with Gasteiger partial charge in [0.15, 0.2) is 5.78 Å². The van der Waals surface area contributed by atoms with Crippen LogP contribution in [0.3, 0.4) is 0 Å². The molecular weight excluding hydrogens is 947 g/mol. The third kappa shape index (κ3) is 14.5. The molecule has 15 nitrogen and oxygen atoms in total. The summed E-state index contributed by atoms with van der Waals surface area (Å²) >= 11 is 0. The fourth-order valence-corrected chi connectivity index (χ4v) is 8.34. The minimum absolute atomic E-state index is 0.0130. The molecule has 3 aliphatic heterocycles. The topological polar surface area (TPSA) is 202 Å². The van der Waals surface area contributed by atoms with Crippen molar-refractivity contribution in [3.05, 3.63) is 202 Å². The van der Waals surface area contributed by atoms with Crippen molar-refractivity contribution >= 4 is 75.5 Å². The Morgan fingerprint density at radius 1 is 0.520 bits per heavy atom. The standard InChI is InChI=1S/C20H20N2O2.C20H18N2O2.C19H19N3O3.CH4O/c2*1-14(23)8-9-15-10-11-17-18(12-15)22(2)19(24)13-21-20(17)16-6-4-3-5-7-16;1-22-16-11-13(8-10-17(23)21-25)7-9-15(16)19(20-12-18(22)24)14-5-3-2-4-6-14;1-2/h3-7,10-12H,8-9,13H2,1-2H3;3-12H,13H2,1-2H3;2-7,9,11,25H,8,10,12H2,1H3,(H,21,23);2H,1H3/b;9-8+;;. The average molecular weight is 1010 g/mol. The van der Waals surface area contributed by atoms with Crippen molar-refractivity contribution in [2.24, 2.45) is 15.0 Å². The number of nitrogens with one attached hydrogen (secondary N) is 1. The average Bonchev–Trinajstić information content (AvgIpc) is 3.72. The van der Waals surface area contributed by atoms with Crippen LogP contribution in [0, 0.1) is 0 Å². The number of benzodiazepines with no additional fused rings is 3. The fraction of sp³-hybridized carbons (Fsp3) is 0.217. The highest BCUT2D eigenvalue weighted by molar-refractivity contribution is 6.21. The Morgan fingerprint density at radius 2 is 0.880 bits per heavy atom. The van der Waals surface area contributed by atoms with Crippen LogP contribution in [0.4, 0.5) is 17.1 Å². The Morgan fingerprint density at radius 3 is 1.24 bits per heavy atom. The van der Waals surface area contributed by atoms with Crippen molar-refractivity contribution in [2.45, 2.75) is 39.5 Å². The van der Waals surface area contributed by atoms with Crippen molar-refractivity contribution in [1.82, 2.24) is 5.48 Å². The molecule has 0 saturated carbocycles. The molecule has 6 aromatic carbocycles. The van der Waals surface area contributed by atoms with Gasteiger partial charge in [-0.2, -0.15) is 0 Å². The van der Waals surface area contributed by atoms with E-state index in [-0.39, 0.29) is 55.3 Å². The number of carbonyl (C=O) groups is 6. The molecule has 15 heteroatoms. The number of ketones is 2. The Kier molecular flexibility index (Phi) is 19.8. The molecular formula is C60H61N7O8. The number of likely N-dealkylation sites (N-methyl/N-ethyl adjacent to an activating group) is 3. The van der Waals surface area contributed by atoms with E-state index in [4.69, 9.17) is 10.3 Å². The Bertz CT molecular complexity index is 3170. The van der Waals surface area contributed by atoms with E-state index < -0.39 is 5.91 Å². The number of benzene rings is 6. The third-order valence-electron chi connectivity index (χ3n) is 12.4. The zero-order valence-corrected chi connectivity index (χ0v) is 43.0.